The molecule has 0 radical (unpaired) electrons. The summed E-state index contributed by atoms with van der Waals surface area (Å²) in [5.41, 5.74) is 0.265. The predicted octanol–water partition coefficient (Wildman–Crippen LogP) is 3.38. The number of para-hydroxylation sites is 1. The van der Waals surface area contributed by atoms with E-state index in [0.29, 0.717) is 32.1 Å². The van der Waals surface area contributed by atoms with Crippen LogP contribution in [-0.4, -0.2) is 58.6 Å². The van der Waals surface area contributed by atoms with Crippen molar-refractivity contribution in [3.05, 3.63) is 72.8 Å². The third-order valence-corrected chi connectivity index (χ3v) is 5.69. The largest absolute Gasteiger partial charge is 0.493 e. The van der Waals surface area contributed by atoms with E-state index >= 15 is 0 Å². The molecular formula is C25H31N3O4. The molecule has 0 bridgehead atoms. The summed E-state index contributed by atoms with van der Waals surface area (Å²) in [6.45, 7) is 3.78. The van der Waals surface area contributed by atoms with Gasteiger partial charge in [-0.1, -0.05) is 24.3 Å². The number of methoxy groups -OCH3 is 1. The van der Waals surface area contributed by atoms with Crippen LogP contribution in [0.2, 0.25) is 0 Å². The summed E-state index contributed by atoms with van der Waals surface area (Å²) in [7, 11) is 1.65. The molecule has 3 aromatic rings. The Morgan fingerprint density at radius 1 is 1.09 bits per heavy atom. The van der Waals surface area contributed by atoms with E-state index in [1.807, 2.05) is 53.2 Å². The quantitative estimate of drug-likeness (QED) is 0.525. The summed E-state index contributed by atoms with van der Waals surface area (Å²) < 4.78 is 19.3. The summed E-state index contributed by atoms with van der Waals surface area (Å²) in [6, 6.07) is 15.7. The Balaban J connectivity index is 1.34. The summed E-state index contributed by atoms with van der Waals surface area (Å²) in [4.78, 5) is 6.32. The number of aliphatic hydroxyl groups is 1. The van der Waals surface area contributed by atoms with Gasteiger partial charge in [0, 0.05) is 25.5 Å². The first-order chi connectivity index (χ1) is 15.6. The zero-order valence-corrected chi connectivity index (χ0v) is 18.5. The smallest absolute Gasteiger partial charge is 0.161 e. The van der Waals surface area contributed by atoms with Crippen LogP contribution in [0.15, 0.2) is 67.3 Å². The van der Waals surface area contributed by atoms with Gasteiger partial charge in [-0.2, -0.15) is 0 Å². The molecule has 2 heterocycles. The van der Waals surface area contributed by atoms with Crippen LogP contribution in [0.3, 0.4) is 0 Å². The number of ether oxygens (including phenoxy) is 3. The highest BCUT2D eigenvalue weighted by Crippen LogP contribution is 2.30. The second-order valence-electron chi connectivity index (χ2n) is 8.27. The van der Waals surface area contributed by atoms with Crippen molar-refractivity contribution in [1.29, 1.82) is 0 Å². The maximum absolute atomic E-state index is 11.1. The SMILES string of the molecule is COc1ccc(CN2CCC[C@@](O)(COc3ccccc3)C2)cc1OCCn1ccnc1. The van der Waals surface area contributed by atoms with E-state index in [4.69, 9.17) is 14.2 Å². The minimum atomic E-state index is -0.856. The number of nitrogens with zero attached hydrogens (tertiary/aromatic N) is 3. The highest BCUT2D eigenvalue weighted by molar-refractivity contribution is 5.43. The van der Waals surface area contributed by atoms with E-state index in [2.05, 4.69) is 16.0 Å². The lowest BCUT2D eigenvalue weighted by Crippen LogP contribution is -2.51. The number of benzene rings is 2. The molecule has 32 heavy (non-hydrogen) atoms. The molecule has 0 spiro atoms. The molecule has 1 aliphatic heterocycles. The van der Waals surface area contributed by atoms with E-state index in [1.165, 1.54) is 0 Å². The molecule has 1 N–H and O–H groups in total. The van der Waals surface area contributed by atoms with Crippen molar-refractivity contribution >= 4 is 0 Å². The number of rotatable bonds is 10. The second kappa shape index (κ2) is 10.5. The van der Waals surface area contributed by atoms with Crippen LogP contribution in [0.1, 0.15) is 18.4 Å². The number of aromatic nitrogens is 2. The van der Waals surface area contributed by atoms with Gasteiger partial charge >= 0.3 is 0 Å². The Morgan fingerprint density at radius 2 is 1.97 bits per heavy atom. The average molecular weight is 438 g/mol. The van der Waals surface area contributed by atoms with Gasteiger partial charge in [-0.25, -0.2) is 4.98 Å². The van der Waals surface area contributed by atoms with Crippen molar-refractivity contribution in [3.63, 3.8) is 0 Å². The Labute approximate surface area is 189 Å². The molecule has 0 saturated carbocycles. The molecule has 7 nitrogen and oxygen atoms in total. The minimum Gasteiger partial charge on any atom is -0.493 e. The number of hydrogen-bond donors (Lipinski definition) is 1. The van der Waals surface area contributed by atoms with Crippen LogP contribution in [0, 0.1) is 0 Å². The molecule has 1 aliphatic rings. The molecule has 2 aromatic carbocycles. The van der Waals surface area contributed by atoms with E-state index < -0.39 is 5.60 Å². The molecule has 0 aliphatic carbocycles. The Kier molecular flexibility index (Phi) is 7.29. The normalized spacial score (nSPS) is 18.9. The monoisotopic (exact) mass is 437 g/mol. The van der Waals surface area contributed by atoms with Gasteiger partial charge < -0.3 is 23.9 Å². The summed E-state index contributed by atoms with van der Waals surface area (Å²) in [5.74, 6) is 2.22. The van der Waals surface area contributed by atoms with Crippen LogP contribution >= 0.6 is 0 Å². The first-order valence-electron chi connectivity index (χ1n) is 11.0. The van der Waals surface area contributed by atoms with Gasteiger partial charge in [0.1, 0.15) is 24.6 Å². The van der Waals surface area contributed by atoms with Crippen LogP contribution in [0.4, 0.5) is 0 Å². The molecule has 1 saturated heterocycles. The number of β-amino-alcohol motifs (C(OH)–C–C–N with tert-alkyl or cyclic N) is 1. The molecular weight excluding hydrogens is 406 g/mol. The highest BCUT2D eigenvalue weighted by Gasteiger charge is 2.34. The maximum Gasteiger partial charge on any atom is 0.161 e. The minimum absolute atomic E-state index is 0.290. The van der Waals surface area contributed by atoms with Gasteiger partial charge in [0.15, 0.2) is 11.5 Å². The number of likely N-dealkylation sites (tertiary alicyclic amines) is 1. The lowest BCUT2D eigenvalue weighted by Gasteiger charge is -2.39. The van der Waals surface area contributed by atoms with Crippen LogP contribution < -0.4 is 14.2 Å². The number of hydrogen-bond acceptors (Lipinski definition) is 6. The van der Waals surface area contributed by atoms with Crippen molar-refractivity contribution < 1.29 is 19.3 Å². The molecule has 1 fully saturated rings. The third-order valence-electron chi connectivity index (χ3n) is 5.69. The lowest BCUT2D eigenvalue weighted by molar-refractivity contribution is -0.0621. The third kappa shape index (κ3) is 6.02. The molecule has 4 rings (SSSR count). The topological polar surface area (TPSA) is 69.0 Å². The molecule has 0 amide bonds. The molecule has 7 heteroatoms. The van der Waals surface area contributed by atoms with E-state index in [1.54, 1.807) is 19.6 Å². The molecule has 0 unspecified atom stereocenters. The highest BCUT2D eigenvalue weighted by atomic mass is 16.5. The first-order valence-corrected chi connectivity index (χ1v) is 11.0. The van der Waals surface area contributed by atoms with E-state index in [-0.39, 0.29) is 0 Å². The van der Waals surface area contributed by atoms with E-state index in [9.17, 15) is 5.11 Å². The summed E-state index contributed by atoms with van der Waals surface area (Å²) >= 11 is 0. The maximum atomic E-state index is 11.1. The summed E-state index contributed by atoms with van der Waals surface area (Å²) in [6.07, 6.45) is 7.11. The van der Waals surface area contributed by atoms with Crippen molar-refractivity contribution in [3.8, 4) is 17.2 Å². The van der Waals surface area contributed by atoms with Crippen LogP contribution in [-0.2, 0) is 13.1 Å². The number of imidazole rings is 1. The van der Waals surface area contributed by atoms with Gasteiger partial charge in [-0.05, 0) is 49.2 Å². The van der Waals surface area contributed by atoms with Gasteiger partial charge in [-0.3, -0.25) is 4.90 Å². The Morgan fingerprint density at radius 3 is 2.75 bits per heavy atom. The fourth-order valence-corrected chi connectivity index (χ4v) is 4.06. The van der Waals surface area contributed by atoms with E-state index in [0.717, 1.165) is 43.0 Å². The van der Waals surface area contributed by atoms with Crippen molar-refractivity contribution in [1.82, 2.24) is 14.5 Å². The zero-order valence-electron chi connectivity index (χ0n) is 18.5. The first kappa shape index (κ1) is 22.2. The van der Waals surface area contributed by atoms with Crippen molar-refractivity contribution in [2.24, 2.45) is 0 Å². The fourth-order valence-electron chi connectivity index (χ4n) is 4.06. The molecule has 1 aromatic heterocycles. The van der Waals surface area contributed by atoms with Gasteiger partial charge in [0.05, 0.1) is 20.0 Å². The fraction of sp³-hybridized carbons (Fsp3) is 0.400. The van der Waals surface area contributed by atoms with Crippen LogP contribution in [0.25, 0.3) is 0 Å². The average Bonchev–Trinajstić information content (AvgIpc) is 3.32. The number of piperidine rings is 1. The standard InChI is InChI=1S/C25H31N3O4/c1-30-23-9-8-21(16-24(23)31-15-14-27-13-11-26-20-27)17-28-12-5-10-25(29,18-28)19-32-22-6-3-2-4-7-22/h2-4,6-9,11,13,16,20,29H,5,10,12,14-15,17-19H2,1H3/t25-/m0/s1. The van der Waals surface area contributed by atoms with Crippen LogP contribution in [0.5, 0.6) is 17.2 Å². The van der Waals surface area contributed by atoms with Crippen molar-refractivity contribution in [2.75, 3.05) is 33.4 Å². The second-order valence-corrected chi connectivity index (χ2v) is 8.27. The van der Waals surface area contributed by atoms with Crippen molar-refractivity contribution in [2.45, 2.75) is 31.5 Å². The lowest BCUT2D eigenvalue weighted by atomic mass is 9.93. The van der Waals surface area contributed by atoms with Gasteiger partial charge in [0.2, 0.25) is 0 Å². The molecule has 1 atom stereocenters. The van der Waals surface area contributed by atoms with Gasteiger partial charge in [0.25, 0.3) is 0 Å². The van der Waals surface area contributed by atoms with Gasteiger partial charge in [-0.15, -0.1) is 0 Å². The Bertz CT molecular complexity index is 965. The predicted molar refractivity (Wildman–Crippen MR) is 122 cm³/mol. The molecule has 170 valence electrons. The zero-order chi connectivity index (χ0) is 22.2. The Hall–Kier alpha value is -3.03. The summed E-state index contributed by atoms with van der Waals surface area (Å²) in [5, 5.41) is 11.1.